The maximum atomic E-state index is 12.1. The van der Waals surface area contributed by atoms with E-state index in [9.17, 15) is 9.59 Å². The topological polar surface area (TPSA) is 96.0 Å². The molecule has 2 rings (SSSR count). The van der Waals surface area contributed by atoms with Crippen LogP contribution in [0, 0.1) is 13.8 Å². The third-order valence-electron chi connectivity index (χ3n) is 3.14. The van der Waals surface area contributed by atoms with Gasteiger partial charge < -0.3 is 5.32 Å². The summed E-state index contributed by atoms with van der Waals surface area (Å²) >= 11 is 5.96. The number of hydrazine groups is 1. The number of hydrogen-bond donors (Lipinski definition) is 3. The number of carbonyl (C=O) groups is 2. The highest BCUT2D eigenvalue weighted by molar-refractivity contribution is 6.33. The van der Waals surface area contributed by atoms with Gasteiger partial charge in [0.15, 0.2) is 0 Å². The standard InChI is InChI=1S/C16H18ClN5O2/c1-9-8-10(2)19-16(18-9)22-21-14(23)11(3)20-15(24)12-6-4-5-7-13(12)17/h4-8,11H,1-3H3,(H,20,24)(H,21,23)(H,18,19,22)/t11-/m0/s1. The highest BCUT2D eigenvalue weighted by Crippen LogP contribution is 2.14. The fourth-order valence-electron chi connectivity index (χ4n) is 1.99. The first kappa shape index (κ1) is 17.7. The summed E-state index contributed by atoms with van der Waals surface area (Å²) in [7, 11) is 0. The van der Waals surface area contributed by atoms with Crippen molar-refractivity contribution in [3.8, 4) is 0 Å². The third kappa shape index (κ3) is 4.66. The largest absolute Gasteiger partial charge is 0.340 e. The molecule has 1 aromatic carbocycles. The number of amides is 2. The Morgan fingerprint density at radius 1 is 1.12 bits per heavy atom. The molecule has 1 aromatic heterocycles. The zero-order valence-electron chi connectivity index (χ0n) is 13.6. The Hall–Kier alpha value is -2.67. The van der Waals surface area contributed by atoms with Gasteiger partial charge in [0, 0.05) is 11.4 Å². The molecule has 1 heterocycles. The molecule has 0 bridgehead atoms. The van der Waals surface area contributed by atoms with Crippen LogP contribution in [0.5, 0.6) is 0 Å². The van der Waals surface area contributed by atoms with Gasteiger partial charge in [0.25, 0.3) is 11.8 Å². The predicted molar refractivity (Wildman–Crippen MR) is 91.7 cm³/mol. The van der Waals surface area contributed by atoms with Crippen molar-refractivity contribution in [3.63, 3.8) is 0 Å². The Morgan fingerprint density at radius 2 is 1.75 bits per heavy atom. The Labute approximate surface area is 144 Å². The summed E-state index contributed by atoms with van der Waals surface area (Å²) in [6, 6.07) is 7.67. The van der Waals surface area contributed by atoms with E-state index < -0.39 is 17.9 Å². The second-order valence-corrected chi connectivity index (χ2v) is 5.67. The van der Waals surface area contributed by atoms with E-state index in [0.717, 1.165) is 11.4 Å². The number of aromatic nitrogens is 2. The quantitative estimate of drug-likeness (QED) is 0.719. The summed E-state index contributed by atoms with van der Waals surface area (Å²) in [6.07, 6.45) is 0. The lowest BCUT2D eigenvalue weighted by molar-refractivity contribution is -0.122. The summed E-state index contributed by atoms with van der Waals surface area (Å²) in [4.78, 5) is 32.5. The van der Waals surface area contributed by atoms with Gasteiger partial charge in [-0.15, -0.1) is 0 Å². The number of hydrogen-bond acceptors (Lipinski definition) is 5. The number of halogens is 1. The van der Waals surface area contributed by atoms with Crippen molar-refractivity contribution < 1.29 is 9.59 Å². The average molecular weight is 348 g/mol. The van der Waals surface area contributed by atoms with Gasteiger partial charge in [-0.3, -0.25) is 20.4 Å². The van der Waals surface area contributed by atoms with Crippen molar-refractivity contribution >= 4 is 29.4 Å². The Morgan fingerprint density at radius 3 is 2.38 bits per heavy atom. The van der Waals surface area contributed by atoms with E-state index in [0.29, 0.717) is 10.6 Å². The van der Waals surface area contributed by atoms with Gasteiger partial charge in [-0.25, -0.2) is 9.97 Å². The first-order valence-corrected chi connectivity index (χ1v) is 7.68. The first-order chi connectivity index (χ1) is 11.4. The number of nitrogens with one attached hydrogen (secondary N) is 3. The molecule has 2 amide bonds. The van der Waals surface area contributed by atoms with Crippen LogP contribution in [0.3, 0.4) is 0 Å². The fourth-order valence-corrected chi connectivity index (χ4v) is 2.21. The normalized spacial score (nSPS) is 11.5. The van der Waals surface area contributed by atoms with Crippen molar-refractivity contribution in [3.05, 3.63) is 52.3 Å². The molecule has 0 radical (unpaired) electrons. The van der Waals surface area contributed by atoms with Crippen molar-refractivity contribution in [1.29, 1.82) is 0 Å². The Kier molecular flexibility index (Phi) is 5.70. The zero-order valence-corrected chi connectivity index (χ0v) is 14.3. The van der Waals surface area contributed by atoms with E-state index in [1.165, 1.54) is 0 Å². The predicted octanol–water partition coefficient (Wildman–Crippen LogP) is 2.01. The maximum Gasteiger partial charge on any atom is 0.260 e. The Balaban J connectivity index is 1.92. The monoisotopic (exact) mass is 347 g/mol. The average Bonchev–Trinajstić information content (AvgIpc) is 2.52. The second kappa shape index (κ2) is 7.74. The van der Waals surface area contributed by atoms with E-state index in [2.05, 4.69) is 26.1 Å². The van der Waals surface area contributed by atoms with Crippen LogP contribution in [0.1, 0.15) is 28.7 Å². The zero-order chi connectivity index (χ0) is 17.7. The van der Waals surface area contributed by atoms with Gasteiger partial charge in [-0.05, 0) is 39.0 Å². The summed E-state index contributed by atoms with van der Waals surface area (Å²) in [5.41, 5.74) is 6.96. The minimum atomic E-state index is -0.771. The minimum absolute atomic E-state index is 0.283. The highest BCUT2D eigenvalue weighted by atomic mass is 35.5. The van der Waals surface area contributed by atoms with Crippen LogP contribution in [0.15, 0.2) is 30.3 Å². The summed E-state index contributed by atoms with van der Waals surface area (Å²) < 4.78 is 0. The number of anilines is 1. The van der Waals surface area contributed by atoms with E-state index in [-0.39, 0.29) is 5.95 Å². The molecule has 0 unspecified atom stereocenters. The molecule has 24 heavy (non-hydrogen) atoms. The number of rotatable bonds is 5. The summed E-state index contributed by atoms with van der Waals surface area (Å²) in [5, 5.41) is 2.90. The lowest BCUT2D eigenvalue weighted by Gasteiger charge is -2.15. The molecule has 1 atom stereocenters. The molecule has 7 nitrogen and oxygen atoms in total. The van der Waals surface area contributed by atoms with Gasteiger partial charge in [-0.2, -0.15) is 0 Å². The molecule has 3 N–H and O–H groups in total. The molecule has 0 saturated heterocycles. The molecule has 0 aliphatic rings. The molecule has 0 saturated carbocycles. The maximum absolute atomic E-state index is 12.1. The van der Waals surface area contributed by atoms with Gasteiger partial charge in [0.1, 0.15) is 6.04 Å². The van der Waals surface area contributed by atoms with Crippen LogP contribution < -0.4 is 16.2 Å². The van der Waals surface area contributed by atoms with E-state index in [1.807, 2.05) is 19.9 Å². The second-order valence-electron chi connectivity index (χ2n) is 5.26. The van der Waals surface area contributed by atoms with Crippen LogP contribution >= 0.6 is 11.6 Å². The van der Waals surface area contributed by atoms with Gasteiger partial charge in [-0.1, -0.05) is 23.7 Å². The van der Waals surface area contributed by atoms with Crippen molar-refractivity contribution in [2.45, 2.75) is 26.8 Å². The molecule has 126 valence electrons. The van der Waals surface area contributed by atoms with E-state index in [1.54, 1.807) is 31.2 Å². The fraction of sp³-hybridized carbons (Fsp3) is 0.250. The van der Waals surface area contributed by atoms with Crippen LogP contribution in [-0.2, 0) is 4.79 Å². The van der Waals surface area contributed by atoms with Crippen molar-refractivity contribution in [1.82, 2.24) is 20.7 Å². The van der Waals surface area contributed by atoms with Crippen LogP contribution in [0.2, 0.25) is 5.02 Å². The van der Waals surface area contributed by atoms with Crippen LogP contribution in [0.25, 0.3) is 0 Å². The smallest absolute Gasteiger partial charge is 0.260 e. The minimum Gasteiger partial charge on any atom is -0.340 e. The summed E-state index contributed by atoms with van der Waals surface area (Å²) in [6.45, 7) is 5.22. The first-order valence-electron chi connectivity index (χ1n) is 7.30. The van der Waals surface area contributed by atoms with Gasteiger partial charge in [0.05, 0.1) is 10.6 Å². The summed E-state index contributed by atoms with van der Waals surface area (Å²) in [5.74, 6) is -0.574. The molecule has 0 fully saturated rings. The number of aryl methyl sites for hydroxylation is 2. The lowest BCUT2D eigenvalue weighted by Crippen LogP contribution is -2.46. The van der Waals surface area contributed by atoms with Crippen LogP contribution in [-0.4, -0.2) is 27.8 Å². The van der Waals surface area contributed by atoms with E-state index >= 15 is 0 Å². The Bertz CT molecular complexity index is 746. The van der Waals surface area contributed by atoms with Crippen molar-refractivity contribution in [2.75, 3.05) is 5.43 Å². The molecule has 8 heteroatoms. The number of benzene rings is 1. The SMILES string of the molecule is Cc1cc(C)nc(NNC(=O)[C@H](C)NC(=O)c2ccccc2Cl)n1. The number of carbonyl (C=O) groups excluding carboxylic acids is 2. The molecule has 0 spiro atoms. The molecular weight excluding hydrogens is 330 g/mol. The molecular formula is C16H18ClN5O2. The molecule has 0 aliphatic carbocycles. The molecule has 2 aromatic rings. The van der Waals surface area contributed by atoms with Gasteiger partial charge in [0.2, 0.25) is 5.95 Å². The van der Waals surface area contributed by atoms with Crippen molar-refractivity contribution in [2.24, 2.45) is 0 Å². The molecule has 0 aliphatic heterocycles. The lowest BCUT2D eigenvalue weighted by atomic mass is 10.2. The highest BCUT2D eigenvalue weighted by Gasteiger charge is 2.18. The van der Waals surface area contributed by atoms with E-state index in [4.69, 9.17) is 11.6 Å². The number of nitrogens with zero attached hydrogens (tertiary/aromatic N) is 2. The van der Waals surface area contributed by atoms with Gasteiger partial charge >= 0.3 is 0 Å². The van der Waals surface area contributed by atoms with Crippen LogP contribution in [0.4, 0.5) is 5.95 Å². The third-order valence-corrected chi connectivity index (χ3v) is 3.47.